The number of aromatic nitrogens is 3. The first-order chi connectivity index (χ1) is 10.0. The van der Waals surface area contributed by atoms with Crippen molar-refractivity contribution in [2.24, 2.45) is 0 Å². The van der Waals surface area contributed by atoms with E-state index in [4.69, 9.17) is 17.3 Å². The van der Waals surface area contributed by atoms with Gasteiger partial charge in [0.05, 0.1) is 11.9 Å². The lowest BCUT2D eigenvalue weighted by atomic mass is 10.1. The lowest BCUT2D eigenvalue weighted by Crippen LogP contribution is -1.99. The minimum Gasteiger partial charge on any atom is -0.507 e. The SMILES string of the molecule is Cc1ccc(N)cc1-n1cc(-c2cc(Cl)ccc2O)nn1. The van der Waals surface area contributed by atoms with Gasteiger partial charge in [-0.15, -0.1) is 5.10 Å². The second-order valence-corrected chi connectivity index (χ2v) is 5.19. The van der Waals surface area contributed by atoms with Crippen molar-refractivity contribution in [1.29, 1.82) is 0 Å². The minimum atomic E-state index is 0.107. The van der Waals surface area contributed by atoms with Crippen LogP contribution in [0.1, 0.15) is 5.56 Å². The smallest absolute Gasteiger partial charge is 0.125 e. The van der Waals surface area contributed by atoms with E-state index in [0.717, 1.165) is 11.3 Å². The first-order valence-corrected chi connectivity index (χ1v) is 6.70. The lowest BCUT2D eigenvalue weighted by molar-refractivity contribution is 0.477. The van der Waals surface area contributed by atoms with Crippen molar-refractivity contribution in [3.63, 3.8) is 0 Å². The summed E-state index contributed by atoms with van der Waals surface area (Å²) >= 11 is 5.95. The topological polar surface area (TPSA) is 77.0 Å². The van der Waals surface area contributed by atoms with Crippen molar-refractivity contribution >= 4 is 17.3 Å². The number of aromatic hydroxyl groups is 1. The summed E-state index contributed by atoms with van der Waals surface area (Å²) in [6.45, 7) is 1.97. The Morgan fingerprint density at radius 2 is 2.00 bits per heavy atom. The van der Waals surface area contributed by atoms with Gasteiger partial charge < -0.3 is 10.8 Å². The summed E-state index contributed by atoms with van der Waals surface area (Å²) in [5.74, 6) is 0.107. The number of aryl methyl sites for hydroxylation is 1. The molecule has 6 heteroatoms. The van der Waals surface area contributed by atoms with Gasteiger partial charge >= 0.3 is 0 Å². The molecule has 21 heavy (non-hydrogen) atoms. The number of anilines is 1. The molecule has 3 aromatic rings. The van der Waals surface area contributed by atoms with Gasteiger partial charge in [0.25, 0.3) is 0 Å². The van der Waals surface area contributed by atoms with Crippen LogP contribution in [-0.2, 0) is 0 Å². The highest BCUT2D eigenvalue weighted by molar-refractivity contribution is 6.30. The van der Waals surface area contributed by atoms with E-state index in [1.807, 2.05) is 25.1 Å². The monoisotopic (exact) mass is 300 g/mol. The summed E-state index contributed by atoms with van der Waals surface area (Å²) in [5, 5.41) is 18.6. The van der Waals surface area contributed by atoms with Crippen LogP contribution >= 0.6 is 11.6 Å². The van der Waals surface area contributed by atoms with E-state index >= 15 is 0 Å². The van der Waals surface area contributed by atoms with Crippen LogP contribution < -0.4 is 5.73 Å². The van der Waals surface area contributed by atoms with Crippen LogP contribution in [-0.4, -0.2) is 20.1 Å². The quantitative estimate of drug-likeness (QED) is 0.713. The Morgan fingerprint density at radius 1 is 1.19 bits per heavy atom. The molecule has 0 atom stereocenters. The van der Waals surface area contributed by atoms with E-state index in [-0.39, 0.29) is 5.75 Å². The number of rotatable bonds is 2. The first kappa shape index (κ1) is 13.5. The zero-order valence-electron chi connectivity index (χ0n) is 11.3. The van der Waals surface area contributed by atoms with Crippen molar-refractivity contribution in [3.05, 3.63) is 53.2 Å². The van der Waals surface area contributed by atoms with Gasteiger partial charge in [-0.3, -0.25) is 0 Å². The molecule has 0 aliphatic carbocycles. The van der Waals surface area contributed by atoms with Crippen LogP contribution in [0.5, 0.6) is 5.75 Å². The summed E-state index contributed by atoms with van der Waals surface area (Å²) in [7, 11) is 0. The fourth-order valence-electron chi connectivity index (χ4n) is 2.09. The predicted octanol–water partition coefficient (Wildman–Crippen LogP) is 3.18. The maximum atomic E-state index is 9.91. The molecule has 0 fully saturated rings. The van der Waals surface area contributed by atoms with Crippen molar-refractivity contribution < 1.29 is 5.11 Å². The number of hydrogen-bond donors (Lipinski definition) is 2. The Labute approximate surface area is 126 Å². The highest BCUT2D eigenvalue weighted by Gasteiger charge is 2.11. The van der Waals surface area contributed by atoms with Gasteiger partial charge in [0.2, 0.25) is 0 Å². The van der Waals surface area contributed by atoms with Gasteiger partial charge in [-0.1, -0.05) is 22.9 Å². The maximum absolute atomic E-state index is 9.91. The highest BCUT2D eigenvalue weighted by Crippen LogP contribution is 2.30. The molecule has 3 N–H and O–H groups in total. The third-order valence-corrected chi connectivity index (χ3v) is 3.44. The van der Waals surface area contributed by atoms with Crippen LogP contribution in [0.4, 0.5) is 5.69 Å². The zero-order chi connectivity index (χ0) is 15.0. The number of nitrogens with two attached hydrogens (primary N) is 1. The molecule has 5 nitrogen and oxygen atoms in total. The normalized spacial score (nSPS) is 10.8. The molecule has 1 aromatic heterocycles. The van der Waals surface area contributed by atoms with Gasteiger partial charge in [-0.2, -0.15) is 0 Å². The number of phenolic OH excluding ortho intramolecular Hbond substituents is 1. The van der Waals surface area contributed by atoms with Crippen LogP contribution in [0.15, 0.2) is 42.6 Å². The number of hydrogen-bond acceptors (Lipinski definition) is 4. The van der Waals surface area contributed by atoms with E-state index in [2.05, 4.69) is 10.3 Å². The fourth-order valence-corrected chi connectivity index (χ4v) is 2.26. The summed E-state index contributed by atoms with van der Waals surface area (Å²) in [6.07, 6.45) is 1.73. The molecular formula is C15H13ClN4O. The van der Waals surface area contributed by atoms with Crippen LogP contribution in [0.3, 0.4) is 0 Å². The van der Waals surface area contributed by atoms with Gasteiger partial charge in [0, 0.05) is 16.3 Å². The Bertz CT molecular complexity index is 747. The number of nitrogen functional groups attached to an aromatic ring is 1. The molecule has 106 valence electrons. The standard InChI is InChI=1S/C15H13ClN4O/c1-9-2-4-11(17)7-14(9)20-8-13(18-19-20)12-6-10(16)3-5-15(12)21/h2-8,21H,17H2,1H3. The van der Waals surface area contributed by atoms with E-state index in [1.54, 1.807) is 23.0 Å². The molecule has 0 saturated heterocycles. The van der Waals surface area contributed by atoms with Gasteiger partial charge in [0.15, 0.2) is 0 Å². The minimum absolute atomic E-state index is 0.107. The van der Waals surface area contributed by atoms with Crippen molar-refractivity contribution in [2.75, 3.05) is 5.73 Å². The van der Waals surface area contributed by atoms with Gasteiger partial charge in [0.1, 0.15) is 11.4 Å². The number of halogens is 1. The summed E-state index contributed by atoms with van der Waals surface area (Å²) in [4.78, 5) is 0. The Hall–Kier alpha value is -2.53. The second kappa shape index (κ2) is 5.10. The molecule has 0 saturated carbocycles. The molecule has 0 spiro atoms. The van der Waals surface area contributed by atoms with E-state index in [9.17, 15) is 5.11 Å². The highest BCUT2D eigenvalue weighted by atomic mass is 35.5. The largest absolute Gasteiger partial charge is 0.507 e. The molecule has 1 heterocycles. The molecule has 3 rings (SSSR count). The number of phenols is 1. The third-order valence-electron chi connectivity index (χ3n) is 3.21. The average Bonchev–Trinajstić information content (AvgIpc) is 2.93. The molecular weight excluding hydrogens is 288 g/mol. The van der Waals surface area contributed by atoms with Crippen molar-refractivity contribution in [1.82, 2.24) is 15.0 Å². The predicted molar refractivity (Wildman–Crippen MR) is 82.6 cm³/mol. The molecule has 0 radical (unpaired) electrons. The summed E-state index contributed by atoms with van der Waals surface area (Å²) in [5.41, 5.74) is 9.40. The van der Waals surface area contributed by atoms with Crippen LogP contribution in [0.25, 0.3) is 16.9 Å². The van der Waals surface area contributed by atoms with E-state index in [1.165, 1.54) is 6.07 Å². The summed E-state index contributed by atoms with van der Waals surface area (Å²) in [6, 6.07) is 10.4. The molecule has 2 aromatic carbocycles. The molecule has 0 bridgehead atoms. The number of nitrogens with zero attached hydrogens (tertiary/aromatic N) is 3. The Morgan fingerprint density at radius 3 is 2.81 bits per heavy atom. The molecule has 0 amide bonds. The van der Waals surface area contributed by atoms with Crippen molar-refractivity contribution in [2.45, 2.75) is 6.92 Å². The lowest BCUT2D eigenvalue weighted by Gasteiger charge is -2.05. The average molecular weight is 301 g/mol. The third kappa shape index (κ3) is 2.55. The maximum Gasteiger partial charge on any atom is 0.125 e. The Kier molecular flexibility index (Phi) is 3.27. The Balaban J connectivity index is 2.08. The summed E-state index contributed by atoms with van der Waals surface area (Å²) < 4.78 is 1.63. The van der Waals surface area contributed by atoms with Gasteiger partial charge in [-0.25, -0.2) is 4.68 Å². The van der Waals surface area contributed by atoms with E-state index in [0.29, 0.717) is 22.0 Å². The number of benzene rings is 2. The van der Waals surface area contributed by atoms with Crippen LogP contribution in [0.2, 0.25) is 5.02 Å². The fraction of sp³-hybridized carbons (Fsp3) is 0.0667. The second-order valence-electron chi connectivity index (χ2n) is 4.76. The zero-order valence-corrected chi connectivity index (χ0v) is 12.0. The van der Waals surface area contributed by atoms with Crippen LogP contribution in [0, 0.1) is 6.92 Å². The molecule has 0 aliphatic heterocycles. The molecule has 0 aliphatic rings. The van der Waals surface area contributed by atoms with Gasteiger partial charge in [-0.05, 0) is 42.8 Å². The molecule has 0 unspecified atom stereocenters. The van der Waals surface area contributed by atoms with E-state index < -0.39 is 0 Å². The first-order valence-electron chi connectivity index (χ1n) is 6.32. The van der Waals surface area contributed by atoms with Crippen molar-refractivity contribution in [3.8, 4) is 22.7 Å².